The van der Waals surface area contributed by atoms with Gasteiger partial charge in [-0.15, -0.1) is 0 Å². The van der Waals surface area contributed by atoms with E-state index in [1.165, 1.54) is 0 Å². The van der Waals surface area contributed by atoms with Crippen molar-refractivity contribution in [1.82, 2.24) is 29.9 Å². The highest BCUT2D eigenvalue weighted by Crippen LogP contribution is 2.46. The molecule has 0 spiro atoms. The summed E-state index contributed by atoms with van der Waals surface area (Å²) in [6, 6.07) is 7.34. The number of ether oxygens (including phenoxy) is 1. The minimum Gasteiger partial charge on any atom is -0.488 e. The standard InChI is InChI=1S/C23H20N6O3/c1-11-16(9-25-27-11)14-8-15(19-12(2)28-32-13(19)3)22-21-20(14)26-23(30)29(21)18(10-31-22)17-6-4-5-7-24-17/h4-9,18H,10H2,1-3H3,(H,25,27)(H,26,30). The zero-order valence-electron chi connectivity index (χ0n) is 17.8. The number of imidazole rings is 1. The highest BCUT2D eigenvalue weighted by atomic mass is 16.5. The Hall–Kier alpha value is -4.14. The molecule has 1 atom stereocenters. The lowest BCUT2D eigenvalue weighted by Gasteiger charge is -2.27. The Kier molecular flexibility index (Phi) is 3.89. The van der Waals surface area contributed by atoms with Crippen LogP contribution in [0, 0.1) is 20.8 Å². The van der Waals surface area contributed by atoms with E-state index in [1.54, 1.807) is 17.0 Å². The lowest BCUT2D eigenvalue weighted by molar-refractivity contribution is 0.255. The predicted molar refractivity (Wildman–Crippen MR) is 118 cm³/mol. The van der Waals surface area contributed by atoms with E-state index in [9.17, 15) is 4.79 Å². The van der Waals surface area contributed by atoms with Crippen LogP contribution in [0.4, 0.5) is 0 Å². The quantitative estimate of drug-likeness (QED) is 0.453. The highest BCUT2D eigenvalue weighted by Gasteiger charge is 2.33. The smallest absolute Gasteiger partial charge is 0.327 e. The lowest BCUT2D eigenvalue weighted by Crippen LogP contribution is -2.31. The second kappa shape index (κ2) is 6.68. The van der Waals surface area contributed by atoms with E-state index >= 15 is 0 Å². The molecule has 5 heterocycles. The molecule has 1 unspecified atom stereocenters. The normalized spacial score (nSPS) is 15.3. The predicted octanol–water partition coefficient (Wildman–Crippen LogP) is 3.68. The summed E-state index contributed by atoms with van der Waals surface area (Å²) < 4.78 is 13.5. The van der Waals surface area contributed by atoms with Crippen molar-refractivity contribution in [3.8, 4) is 28.0 Å². The molecule has 1 aromatic carbocycles. The van der Waals surface area contributed by atoms with Gasteiger partial charge in [-0.2, -0.15) is 5.10 Å². The number of nitrogens with one attached hydrogen (secondary N) is 2. The third kappa shape index (κ3) is 2.51. The summed E-state index contributed by atoms with van der Waals surface area (Å²) in [5.41, 5.74) is 7.06. The van der Waals surface area contributed by atoms with Crippen molar-refractivity contribution in [2.45, 2.75) is 26.8 Å². The number of aromatic nitrogens is 6. The largest absolute Gasteiger partial charge is 0.488 e. The van der Waals surface area contributed by atoms with Crippen LogP contribution in [-0.4, -0.2) is 36.5 Å². The maximum absolute atomic E-state index is 13.2. The number of aromatic amines is 2. The van der Waals surface area contributed by atoms with Crippen molar-refractivity contribution in [3.63, 3.8) is 0 Å². The molecular formula is C23H20N6O3. The summed E-state index contributed by atoms with van der Waals surface area (Å²) in [6.07, 6.45) is 3.49. The first kappa shape index (κ1) is 18.6. The second-order valence-electron chi connectivity index (χ2n) is 8.01. The molecule has 5 aromatic rings. The van der Waals surface area contributed by atoms with E-state index in [1.807, 2.05) is 45.0 Å². The Morgan fingerprint density at radius 2 is 2.03 bits per heavy atom. The third-order valence-corrected chi connectivity index (χ3v) is 6.10. The Labute approximate surface area is 182 Å². The molecule has 0 radical (unpaired) electrons. The minimum atomic E-state index is -0.344. The Balaban J connectivity index is 1.74. The molecule has 0 amide bonds. The zero-order valence-corrected chi connectivity index (χ0v) is 17.8. The number of aryl methyl sites for hydroxylation is 3. The molecule has 9 nitrogen and oxygen atoms in total. The molecule has 0 bridgehead atoms. The van der Waals surface area contributed by atoms with E-state index in [2.05, 4.69) is 25.3 Å². The molecule has 0 saturated heterocycles. The van der Waals surface area contributed by atoms with Gasteiger partial charge in [-0.25, -0.2) is 4.79 Å². The number of hydrogen-bond acceptors (Lipinski definition) is 6. The third-order valence-electron chi connectivity index (χ3n) is 6.10. The number of pyridine rings is 1. The molecule has 0 saturated carbocycles. The molecule has 0 aliphatic carbocycles. The molecule has 1 aliphatic heterocycles. The van der Waals surface area contributed by atoms with Gasteiger partial charge in [0.05, 0.1) is 28.7 Å². The van der Waals surface area contributed by atoms with Gasteiger partial charge in [-0.05, 0) is 39.0 Å². The fourth-order valence-corrected chi connectivity index (χ4v) is 4.63. The lowest BCUT2D eigenvalue weighted by atomic mass is 9.95. The Morgan fingerprint density at radius 1 is 1.16 bits per heavy atom. The molecule has 0 fully saturated rings. The second-order valence-corrected chi connectivity index (χ2v) is 8.01. The molecule has 1 aliphatic rings. The van der Waals surface area contributed by atoms with Crippen LogP contribution in [-0.2, 0) is 0 Å². The Bertz CT molecular complexity index is 1520. The van der Waals surface area contributed by atoms with Crippen molar-refractivity contribution < 1.29 is 9.26 Å². The monoisotopic (exact) mass is 428 g/mol. The van der Waals surface area contributed by atoms with Crippen molar-refractivity contribution >= 4 is 11.0 Å². The van der Waals surface area contributed by atoms with Gasteiger partial charge in [-0.3, -0.25) is 14.6 Å². The van der Waals surface area contributed by atoms with E-state index in [-0.39, 0.29) is 18.3 Å². The molecule has 9 heteroatoms. The maximum Gasteiger partial charge on any atom is 0.327 e. The molecule has 160 valence electrons. The summed E-state index contributed by atoms with van der Waals surface area (Å²) in [6.45, 7) is 6.01. The van der Waals surface area contributed by atoms with Crippen LogP contribution in [0.2, 0.25) is 0 Å². The molecule has 4 aromatic heterocycles. The number of hydrogen-bond donors (Lipinski definition) is 2. The van der Waals surface area contributed by atoms with Crippen molar-refractivity contribution in [2.24, 2.45) is 0 Å². The molecular weight excluding hydrogens is 408 g/mol. The van der Waals surface area contributed by atoms with E-state index < -0.39 is 0 Å². The van der Waals surface area contributed by atoms with Crippen molar-refractivity contribution in [1.29, 1.82) is 0 Å². The van der Waals surface area contributed by atoms with Gasteiger partial charge in [0.25, 0.3) is 0 Å². The number of benzene rings is 1. The zero-order chi connectivity index (χ0) is 22.0. The van der Waals surface area contributed by atoms with Crippen LogP contribution in [0.3, 0.4) is 0 Å². The molecule has 32 heavy (non-hydrogen) atoms. The van der Waals surface area contributed by atoms with Gasteiger partial charge in [-0.1, -0.05) is 11.2 Å². The van der Waals surface area contributed by atoms with Gasteiger partial charge in [0.1, 0.15) is 23.9 Å². The van der Waals surface area contributed by atoms with Crippen LogP contribution in [0.5, 0.6) is 5.75 Å². The average Bonchev–Trinajstić information content (AvgIpc) is 3.48. The van der Waals surface area contributed by atoms with Crippen molar-refractivity contribution in [3.05, 3.63) is 70.0 Å². The number of H-pyrrole nitrogens is 2. The molecule has 6 rings (SSSR count). The fraction of sp³-hybridized carbons (Fsp3) is 0.217. The number of rotatable bonds is 3. The SMILES string of the molecule is Cc1noc(C)c1-c1cc(-c2cn[nH]c2C)c2[nH]c(=O)n3c2c1OCC3c1ccccn1. The van der Waals surface area contributed by atoms with Crippen LogP contribution < -0.4 is 10.4 Å². The molecule has 2 N–H and O–H groups in total. The van der Waals surface area contributed by atoms with E-state index in [0.717, 1.165) is 39.3 Å². The average molecular weight is 428 g/mol. The Morgan fingerprint density at radius 3 is 2.72 bits per heavy atom. The van der Waals surface area contributed by atoms with Gasteiger partial charge in [0, 0.05) is 28.6 Å². The van der Waals surface area contributed by atoms with Gasteiger partial charge < -0.3 is 14.2 Å². The minimum absolute atomic E-state index is 0.210. The summed E-state index contributed by atoms with van der Waals surface area (Å²) in [5, 5.41) is 11.3. The van der Waals surface area contributed by atoms with Gasteiger partial charge in [0.15, 0.2) is 5.75 Å². The fourth-order valence-electron chi connectivity index (χ4n) is 4.63. The van der Waals surface area contributed by atoms with Gasteiger partial charge >= 0.3 is 5.69 Å². The van der Waals surface area contributed by atoms with Crippen LogP contribution in [0.15, 0.2) is 46.0 Å². The summed E-state index contributed by atoms with van der Waals surface area (Å²) >= 11 is 0. The number of nitrogens with zero attached hydrogens (tertiary/aromatic N) is 4. The first-order chi connectivity index (χ1) is 15.5. The first-order valence-electron chi connectivity index (χ1n) is 10.3. The summed E-state index contributed by atoms with van der Waals surface area (Å²) in [4.78, 5) is 20.8. The topological polar surface area (TPSA) is 115 Å². The first-order valence-corrected chi connectivity index (χ1v) is 10.3. The summed E-state index contributed by atoms with van der Waals surface area (Å²) in [5.74, 6) is 1.32. The van der Waals surface area contributed by atoms with Crippen LogP contribution in [0.1, 0.15) is 28.9 Å². The maximum atomic E-state index is 13.2. The van der Waals surface area contributed by atoms with Crippen LogP contribution in [0.25, 0.3) is 33.3 Å². The highest BCUT2D eigenvalue weighted by molar-refractivity contribution is 6.02. The van der Waals surface area contributed by atoms with E-state index in [0.29, 0.717) is 22.5 Å². The van der Waals surface area contributed by atoms with Crippen molar-refractivity contribution in [2.75, 3.05) is 6.61 Å². The van der Waals surface area contributed by atoms with E-state index in [4.69, 9.17) is 9.26 Å². The van der Waals surface area contributed by atoms with Gasteiger partial charge in [0.2, 0.25) is 0 Å². The summed E-state index contributed by atoms with van der Waals surface area (Å²) in [7, 11) is 0. The van der Waals surface area contributed by atoms with Crippen LogP contribution >= 0.6 is 0 Å².